The summed E-state index contributed by atoms with van der Waals surface area (Å²) in [6.45, 7) is 5.11. The van der Waals surface area contributed by atoms with E-state index in [4.69, 9.17) is 4.74 Å². The Morgan fingerprint density at radius 1 is 0.960 bits per heavy atom. The number of ketones is 1. The van der Waals surface area contributed by atoms with Crippen molar-refractivity contribution in [2.45, 2.75) is 32.3 Å². The van der Waals surface area contributed by atoms with Gasteiger partial charge in [-0.1, -0.05) is 42.5 Å². The molecular formula is C20H22NO4. The summed E-state index contributed by atoms with van der Waals surface area (Å²) in [6, 6.07) is 15.4. The molecule has 131 valence electrons. The van der Waals surface area contributed by atoms with Crippen LogP contribution in [0.25, 0.3) is 0 Å². The predicted octanol–water partition coefficient (Wildman–Crippen LogP) is 4.06. The topological polar surface area (TPSA) is 75.3 Å². The molecule has 0 bridgehead atoms. The van der Waals surface area contributed by atoms with Crippen molar-refractivity contribution in [2.24, 2.45) is 0 Å². The van der Waals surface area contributed by atoms with Crippen molar-refractivity contribution < 1.29 is 19.4 Å². The molecule has 0 heterocycles. The van der Waals surface area contributed by atoms with Gasteiger partial charge in [-0.3, -0.25) is 9.90 Å². The van der Waals surface area contributed by atoms with Crippen molar-refractivity contribution in [3.05, 3.63) is 65.7 Å². The van der Waals surface area contributed by atoms with E-state index < -0.39 is 17.6 Å². The van der Waals surface area contributed by atoms with Gasteiger partial charge in [-0.15, -0.1) is 0 Å². The zero-order chi connectivity index (χ0) is 18.4. The van der Waals surface area contributed by atoms with Crippen LogP contribution in [0.4, 0.5) is 4.79 Å². The number of hydrogen-bond acceptors (Lipinski definition) is 3. The highest BCUT2D eigenvalue weighted by atomic mass is 16.6. The van der Waals surface area contributed by atoms with Crippen LogP contribution in [0.1, 0.15) is 37.8 Å². The number of carbonyl (C=O) groups excluding carboxylic acids is 2. The minimum absolute atomic E-state index is 0.116. The Labute approximate surface area is 147 Å². The molecule has 0 aromatic heterocycles. The van der Waals surface area contributed by atoms with Crippen LogP contribution in [-0.2, 0) is 14.6 Å². The average Bonchev–Trinajstić information content (AvgIpc) is 2.54. The fourth-order valence-corrected chi connectivity index (χ4v) is 2.45. The molecule has 0 unspecified atom stereocenters. The molecule has 0 saturated heterocycles. The molecule has 0 aliphatic rings. The van der Waals surface area contributed by atoms with E-state index in [-0.39, 0.29) is 18.1 Å². The monoisotopic (exact) mass is 340 g/mol. The lowest BCUT2D eigenvalue weighted by molar-refractivity contribution is -0.118. The zero-order valence-corrected chi connectivity index (χ0v) is 14.6. The Bertz CT molecular complexity index is 718. The van der Waals surface area contributed by atoms with E-state index in [1.165, 1.54) is 12.1 Å². The average molecular weight is 340 g/mol. The predicted molar refractivity (Wildman–Crippen MR) is 94.1 cm³/mol. The first-order valence-corrected chi connectivity index (χ1v) is 8.08. The van der Waals surface area contributed by atoms with E-state index in [0.717, 1.165) is 5.56 Å². The molecule has 1 N–H and O–H groups in total. The van der Waals surface area contributed by atoms with Crippen LogP contribution in [0.2, 0.25) is 0 Å². The number of amides is 1. The summed E-state index contributed by atoms with van der Waals surface area (Å²) in [5.74, 6) is -0.859. The summed E-state index contributed by atoms with van der Waals surface area (Å²) in [7, 11) is 0. The fraction of sp³-hybridized carbons (Fsp3) is 0.300. The van der Waals surface area contributed by atoms with E-state index in [2.05, 4.69) is 5.32 Å². The smallest absolute Gasteiger partial charge is 0.408 e. The molecule has 1 radical (unpaired) electrons. The van der Waals surface area contributed by atoms with Crippen LogP contribution in [0.3, 0.4) is 0 Å². The molecule has 0 aliphatic carbocycles. The maximum atomic E-state index is 12.8. The minimum atomic E-state index is -0.637. The number of ether oxygens (including phenoxy) is 1. The number of Topliss-reactive ketones (excluding diaryl/α,β-unsaturated/α-hetero) is 1. The number of benzene rings is 2. The molecule has 5 heteroatoms. The first-order valence-electron chi connectivity index (χ1n) is 8.08. The third kappa shape index (κ3) is 5.64. The van der Waals surface area contributed by atoms with Crippen molar-refractivity contribution in [1.82, 2.24) is 5.32 Å². The summed E-state index contributed by atoms with van der Waals surface area (Å²) in [6.07, 6.45) is -0.637. The van der Waals surface area contributed by atoms with Crippen LogP contribution < -0.4 is 5.32 Å². The van der Waals surface area contributed by atoms with Crippen LogP contribution >= 0.6 is 0 Å². The lowest BCUT2D eigenvalue weighted by Crippen LogP contribution is -2.37. The second-order valence-corrected chi connectivity index (χ2v) is 6.73. The molecular weight excluding hydrogens is 318 g/mol. The lowest BCUT2D eigenvalue weighted by Gasteiger charge is -2.21. The SMILES string of the molecule is CC(C)(C)OC(=O)NCC(=O)[C@@H](c1ccccc1)c1ccc([O])cc1. The Balaban J connectivity index is 2.17. The molecule has 5 nitrogen and oxygen atoms in total. The van der Waals surface area contributed by atoms with Crippen molar-refractivity contribution in [1.29, 1.82) is 0 Å². The number of nitrogens with one attached hydrogen (secondary N) is 1. The van der Waals surface area contributed by atoms with Crippen LogP contribution in [0.5, 0.6) is 5.75 Å². The summed E-state index contributed by atoms with van der Waals surface area (Å²) < 4.78 is 5.15. The maximum Gasteiger partial charge on any atom is 0.408 e. The third-order valence-electron chi connectivity index (χ3n) is 3.47. The molecule has 0 saturated carbocycles. The molecule has 2 rings (SSSR count). The fourth-order valence-electron chi connectivity index (χ4n) is 2.45. The number of carbonyl (C=O) groups is 2. The van der Waals surface area contributed by atoms with Crippen molar-refractivity contribution in [3.8, 4) is 5.75 Å². The summed E-state index contributed by atoms with van der Waals surface area (Å²) in [4.78, 5) is 24.5. The minimum Gasteiger partial charge on any atom is -0.444 e. The molecule has 1 atom stereocenters. The molecule has 2 aromatic rings. The van der Waals surface area contributed by atoms with Crippen LogP contribution in [0, 0.1) is 0 Å². The number of rotatable bonds is 5. The third-order valence-corrected chi connectivity index (χ3v) is 3.47. The summed E-state index contributed by atoms with van der Waals surface area (Å²) >= 11 is 0. The van der Waals surface area contributed by atoms with Crippen molar-refractivity contribution in [3.63, 3.8) is 0 Å². The van der Waals surface area contributed by atoms with Gasteiger partial charge >= 0.3 is 6.09 Å². The summed E-state index contributed by atoms with van der Waals surface area (Å²) in [5, 5.41) is 13.8. The van der Waals surface area contributed by atoms with Gasteiger partial charge < -0.3 is 10.1 Å². The van der Waals surface area contributed by atoms with Gasteiger partial charge in [0, 0.05) is 0 Å². The normalized spacial score (nSPS) is 12.3. The second kappa shape index (κ2) is 7.83. The van der Waals surface area contributed by atoms with Gasteiger partial charge in [0.15, 0.2) is 11.5 Å². The molecule has 1 amide bonds. The molecule has 0 aliphatic heterocycles. The number of hydrogen-bond donors (Lipinski definition) is 1. The highest BCUT2D eigenvalue weighted by molar-refractivity contribution is 5.92. The largest absolute Gasteiger partial charge is 0.444 e. The number of alkyl carbamates (subject to hydrolysis) is 1. The van der Waals surface area contributed by atoms with Gasteiger partial charge in [0.2, 0.25) is 0 Å². The van der Waals surface area contributed by atoms with Gasteiger partial charge in [0.05, 0.1) is 12.5 Å². The highest BCUT2D eigenvalue weighted by Crippen LogP contribution is 2.27. The Hall–Kier alpha value is -2.82. The van der Waals surface area contributed by atoms with Gasteiger partial charge in [0.25, 0.3) is 0 Å². The standard InChI is InChI=1S/C20H22NO4/c1-20(2,3)25-19(24)21-13-17(23)18(14-7-5-4-6-8-14)15-9-11-16(22)12-10-15/h4-12,18H,13H2,1-3H3,(H,21,24)/t18-/m0/s1. The Morgan fingerprint density at radius 3 is 2.08 bits per heavy atom. The highest BCUT2D eigenvalue weighted by Gasteiger charge is 2.24. The van der Waals surface area contributed by atoms with Crippen LogP contribution in [0.15, 0.2) is 54.6 Å². The molecule has 0 fully saturated rings. The van der Waals surface area contributed by atoms with Gasteiger partial charge in [0.1, 0.15) is 5.60 Å². The van der Waals surface area contributed by atoms with Crippen molar-refractivity contribution >= 4 is 11.9 Å². The first-order chi connectivity index (χ1) is 11.8. The molecule has 25 heavy (non-hydrogen) atoms. The quantitative estimate of drug-likeness (QED) is 0.892. The molecule has 0 spiro atoms. The van der Waals surface area contributed by atoms with Gasteiger partial charge in [-0.05, 0) is 44.0 Å². The van der Waals surface area contributed by atoms with E-state index >= 15 is 0 Å². The Morgan fingerprint density at radius 2 is 1.52 bits per heavy atom. The second-order valence-electron chi connectivity index (χ2n) is 6.73. The van der Waals surface area contributed by atoms with Crippen LogP contribution in [-0.4, -0.2) is 24.0 Å². The van der Waals surface area contributed by atoms with E-state index in [1.807, 2.05) is 30.3 Å². The van der Waals surface area contributed by atoms with Gasteiger partial charge in [-0.2, -0.15) is 0 Å². The zero-order valence-electron chi connectivity index (χ0n) is 14.6. The van der Waals surface area contributed by atoms with E-state index in [9.17, 15) is 14.7 Å². The van der Waals surface area contributed by atoms with E-state index in [0.29, 0.717) is 5.56 Å². The van der Waals surface area contributed by atoms with Gasteiger partial charge in [-0.25, -0.2) is 4.79 Å². The maximum absolute atomic E-state index is 12.8. The lowest BCUT2D eigenvalue weighted by atomic mass is 9.87. The summed E-state index contributed by atoms with van der Waals surface area (Å²) in [5.41, 5.74) is 0.884. The first kappa shape index (κ1) is 18.5. The Kier molecular flexibility index (Phi) is 5.80. The molecule has 2 aromatic carbocycles. The van der Waals surface area contributed by atoms with E-state index in [1.54, 1.807) is 32.9 Å². The van der Waals surface area contributed by atoms with Crippen molar-refractivity contribution in [2.75, 3.05) is 6.54 Å².